The zero-order valence-corrected chi connectivity index (χ0v) is 40.4. The van der Waals surface area contributed by atoms with E-state index >= 15 is 0 Å². The van der Waals surface area contributed by atoms with Crippen LogP contribution in [0.3, 0.4) is 0 Å². The van der Waals surface area contributed by atoms with E-state index in [1.807, 2.05) is 62.1 Å². The smallest absolute Gasteiger partial charge is 0.276 e. The van der Waals surface area contributed by atoms with Crippen LogP contribution >= 0.6 is 0 Å². The summed E-state index contributed by atoms with van der Waals surface area (Å²) in [6.07, 6.45) is 9.92. The number of allylic oxidation sites excluding steroid dienone is 2. The summed E-state index contributed by atoms with van der Waals surface area (Å²) in [6, 6.07) is 8.45. The van der Waals surface area contributed by atoms with Crippen LogP contribution in [0.15, 0.2) is 67.0 Å². The molecule has 22 nitrogen and oxygen atoms in total. The highest BCUT2D eigenvalue weighted by molar-refractivity contribution is 6.13. The van der Waals surface area contributed by atoms with Gasteiger partial charge in [-0.1, -0.05) is 26.0 Å². The second-order valence-corrected chi connectivity index (χ2v) is 16.9. The first kappa shape index (κ1) is 48.9. The van der Waals surface area contributed by atoms with Crippen molar-refractivity contribution < 1.29 is 33.5 Å². The molecule has 368 valence electrons. The van der Waals surface area contributed by atoms with Crippen molar-refractivity contribution in [2.75, 3.05) is 31.6 Å². The molecule has 2 aliphatic rings. The molecule has 0 bridgehead atoms. The third-order valence-corrected chi connectivity index (χ3v) is 12.2. The van der Waals surface area contributed by atoms with Crippen molar-refractivity contribution in [3.63, 3.8) is 0 Å². The molecule has 22 heteroatoms. The van der Waals surface area contributed by atoms with E-state index in [-0.39, 0.29) is 61.6 Å². The number of benzene rings is 1. The van der Waals surface area contributed by atoms with Gasteiger partial charge in [0.25, 0.3) is 17.7 Å². The molecule has 2 aliphatic heterocycles. The molecule has 0 unspecified atom stereocenters. The summed E-state index contributed by atoms with van der Waals surface area (Å²) in [5, 5.41) is 13.2. The molecule has 0 saturated carbocycles. The molecule has 5 N–H and O–H groups in total. The number of ether oxygens (including phenoxy) is 1. The Hall–Kier alpha value is -8.56. The summed E-state index contributed by atoms with van der Waals surface area (Å²) in [6.45, 7) is 14.4. The SMILES string of the molecule is CC.CCn1nc(C)cc1C(=O)Nc1nc2cc(C(N)=O)cnc2n1C/C=C/Cn1c2nc(-c3cc(C)nn3CC)ncc2c2cc(C(N)=O)cc(OCCC3CN(C(=O)CCN4C(=O)C=CC4=O)C3)c21. The quantitative estimate of drug-likeness (QED) is 0.0799. The van der Waals surface area contributed by atoms with Crippen molar-refractivity contribution in [3.8, 4) is 17.3 Å². The van der Waals surface area contributed by atoms with Crippen LogP contribution in [0.2, 0.25) is 0 Å². The van der Waals surface area contributed by atoms with E-state index in [1.165, 1.54) is 24.4 Å². The minimum Gasteiger partial charge on any atom is -0.491 e. The van der Waals surface area contributed by atoms with Crippen molar-refractivity contribution in [2.45, 2.75) is 80.6 Å². The van der Waals surface area contributed by atoms with Gasteiger partial charge in [0.2, 0.25) is 23.7 Å². The first-order valence-electron chi connectivity index (χ1n) is 23.5. The number of nitrogens with two attached hydrogens (primary N) is 2. The van der Waals surface area contributed by atoms with Gasteiger partial charge < -0.3 is 25.7 Å². The lowest BCUT2D eigenvalue weighted by atomic mass is 9.96. The molecule has 1 saturated heterocycles. The van der Waals surface area contributed by atoms with Gasteiger partial charge >= 0.3 is 0 Å². The molecule has 6 amide bonds. The molecule has 0 aliphatic carbocycles. The summed E-state index contributed by atoms with van der Waals surface area (Å²) in [4.78, 5) is 97.0. The number of fused-ring (bicyclic) bond motifs is 4. The predicted molar refractivity (Wildman–Crippen MR) is 263 cm³/mol. The second kappa shape index (κ2) is 20.6. The monoisotopic (exact) mass is 965 g/mol. The van der Waals surface area contributed by atoms with Crippen molar-refractivity contribution in [2.24, 2.45) is 17.4 Å². The van der Waals surface area contributed by atoms with E-state index in [1.54, 1.807) is 45.5 Å². The van der Waals surface area contributed by atoms with Gasteiger partial charge in [-0.15, -0.1) is 0 Å². The molecule has 9 rings (SSSR count). The number of amides is 6. The molecular formula is C49H55N15O7. The summed E-state index contributed by atoms with van der Waals surface area (Å²) in [7, 11) is 0. The van der Waals surface area contributed by atoms with E-state index < -0.39 is 29.5 Å². The number of carbonyl (C=O) groups is 6. The minimum absolute atomic E-state index is 0.0274. The number of rotatable bonds is 18. The molecule has 8 heterocycles. The number of imide groups is 1. The molecule has 7 aromatic rings. The summed E-state index contributed by atoms with van der Waals surface area (Å²) >= 11 is 0. The lowest BCUT2D eigenvalue weighted by Gasteiger charge is -2.39. The van der Waals surface area contributed by atoms with Gasteiger partial charge in [-0.25, -0.2) is 19.9 Å². The number of nitrogens with one attached hydrogen (secondary N) is 1. The molecule has 0 atom stereocenters. The Morgan fingerprint density at radius 1 is 0.789 bits per heavy atom. The molecule has 1 fully saturated rings. The van der Waals surface area contributed by atoms with E-state index in [0.717, 1.165) is 16.3 Å². The molecule has 1 aromatic carbocycles. The highest BCUT2D eigenvalue weighted by atomic mass is 16.5. The number of imidazole rings is 1. The number of likely N-dealkylation sites (tertiary alicyclic amines) is 1. The predicted octanol–water partition coefficient (Wildman–Crippen LogP) is 4.32. The Kier molecular flexibility index (Phi) is 14.2. The zero-order chi connectivity index (χ0) is 50.7. The topological polar surface area (TPSA) is 279 Å². The van der Waals surface area contributed by atoms with Crippen LogP contribution < -0.4 is 21.5 Å². The van der Waals surface area contributed by atoms with Gasteiger partial charge in [-0.2, -0.15) is 10.2 Å². The maximum atomic E-state index is 13.6. The number of aromatic nitrogens is 10. The first-order chi connectivity index (χ1) is 34.2. The van der Waals surface area contributed by atoms with Crippen LogP contribution in [0, 0.1) is 19.8 Å². The maximum Gasteiger partial charge on any atom is 0.276 e. The fourth-order valence-electron chi connectivity index (χ4n) is 8.70. The summed E-state index contributed by atoms with van der Waals surface area (Å²) < 4.78 is 13.6. The standard InChI is InChI=1S/C47H49N15O7.C2H6/c1-5-61-34(17-26(3)55-61)43-50-23-32-31-19-29(41(48)66)21-36(69-16-12-28-24-57(25-28)37(63)11-15-58-38(64)9-10-39(58)65)40(31)59(44(32)53-43)13-7-8-14-60-45-33(20-30(22-51-45)42(49)67)52-47(60)54-46(68)35-18-27(4)56-62(35)6-2;1-2/h7-10,17-23,28H,5-6,11-16,24-25H2,1-4H3,(H2,48,66)(H2,49,67)(H,52,54,68);1-2H3/b8-7+;. The number of carbonyl (C=O) groups excluding carboxylic acids is 6. The van der Waals surface area contributed by atoms with E-state index in [9.17, 15) is 28.8 Å². The lowest BCUT2D eigenvalue weighted by molar-refractivity contribution is -0.140. The normalized spacial score (nSPS) is 13.7. The molecular weight excluding hydrogens is 911 g/mol. The third-order valence-electron chi connectivity index (χ3n) is 12.2. The highest BCUT2D eigenvalue weighted by Gasteiger charge is 2.32. The highest BCUT2D eigenvalue weighted by Crippen LogP contribution is 2.37. The van der Waals surface area contributed by atoms with Gasteiger partial charge in [0.1, 0.15) is 28.3 Å². The summed E-state index contributed by atoms with van der Waals surface area (Å²) in [5.41, 5.74) is 16.4. The second-order valence-electron chi connectivity index (χ2n) is 16.9. The van der Waals surface area contributed by atoms with Gasteiger partial charge in [-0.05, 0) is 70.4 Å². The van der Waals surface area contributed by atoms with Crippen LogP contribution in [-0.4, -0.2) is 120 Å². The van der Waals surface area contributed by atoms with Gasteiger partial charge in [0.15, 0.2) is 11.5 Å². The Morgan fingerprint density at radius 2 is 1.46 bits per heavy atom. The van der Waals surface area contributed by atoms with E-state index in [4.69, 9.17) is 26.2 Å². The Morgan fingerprint density at radius 3 is 2.15 bits per heavy atom. The van der Waals surface area contributed by atoms with Crippen LogP contribution in [-0.2, 0) is 40.6 Å². The number of primary amides is 2. The van der Waals surface area contributed by atoms with E-state index in [0.29, 0.717) is 88.7 Å². The van der Waals surface area contributed by atoms with Crippen LogP contribution in [0.5, 0.6) is 5.75 Å². The Balaban J connectivity index is 0.00000334. The Bertz CT molecular complexity index is 3300. The van der Waals surface area contributed by atoms with Crippen molar-refractivity contribution in [3.05, 3.63) is 95.2 Å². The number of aryl methyl sites for hydroxylation is 4. The fourth-order valence-corrected chi connectivity index (χ4v) is 8.70. The summed E-state index contributed by atoms with van der Waals surface area (Å²) in [5.74, 6) is -1.57. The zero-order valence-electron chi connectivity index (χ0n) is 40.4. The maximum absolute atomic E-state index is 13.6. The average molecular weight is 966 g/mol. The van der Waals surface area contributed by atoms with Crippen molar-refractivity contribution in [1.82, 2.24) is 58.4 Å². The number of anilines is 1. The van der Waals surface area contributed by atoms with Crippen LogP contribution in [0.1, 0.15) is 83.1 Å². The number of hydrogen-bond donors (Lipinski definition) is 3. The van der Waals surface area contributed by atoms with Crippen molar-refractivity contribution >= 4 is 74.5 Å². The van der Waals surface area contributed by atoms with Crippen LogP contribution in [0.4, 0.5) is 5.95 Å². The van der Waals surface area contributed by atoms with E-state index in [2.05, 4.69) is 25.5 Å². The van der Waals surface area contributed by atoms with Crippen molar-refractivity contribution in [1.29, 1.82) is 0 Å². The number of hydrogen-bond acceptors (Lipinski definition) is 13. The first-order valence-corrected chi connectivity index (χ1v) is 23.5. The van der Waals surface area contributed by atoms with Gasteiger partial charge in [0, 0.05) is 93.1 Å². The molecule has 6 aromatic heterocycles. The Labute approximate surface area is 407 Å². The largest absolute Gasteiger partial charge is 0.491 e. The molecule has 0 radical (unpaired) electrons. The average Bonchev–Trinajstić information content (AvgIpc) is 4.16. The minimum atomic E-state index is -0.672. The fraction of sp³-hybridized carbons (Fsp3) is 0.347. The lowest BCUT2D eigenvalue weighted by Crippen LogP contribution is -2.51. The van der Waals surface area contributed by atoms with Gasteiger partial charge in [0.05, 0.1) is 29.1 Å². The number of pyridine rings is 1. The molecule has 71 heavy (non-hydrogen) atoms. The van der Waals surface area contributed by atoms with Gasteiger partial charge in [-0.3, -0.25) is 52.9 Å². The third kappa shape index (κ3) is 9.85. The van der Waals surface area contributed by atoms with Crippen LogP contribution in [0.25, 0.3) is 44.6 Å². The molecule has 0 spiro atoms. The number of nitrogens with zero attached hydrogens (tertiary/aromatic N) is 12.